The summed E-state index contributed by atoms with van der Waals surface area (Å²) >= 11 is 3.41. The maximum Gasteiger partial charge on any atom is 0.130 e. The second kappa shape index (κ2) is 5.30. The Morgan fingerprint density at radius 2 is 2.07 bits per heavy atom. The van der Waals surface area contributed by atoms with Crippen LogP contribution in [-0.2, 0) is 0 Å². The van der Waals surface area contributed by atoms with Gasteiger partial charge in [-0.3, -0.25) is 0 Å². The predicted octanol–water partition coefficient (Wildman–Crippen LogP) is 4.26. The number of allylic oxidation sites excluding steroid dienone is 1. The van der Waals surface area contributed by atoms with E-state index in [1.807, 2.05) is 12.1 Å². The van der Waals surface area contributed by atoms with Gasteiger partial charge in [-0.25, -0.2) is 4.39 Å². The number of rotatable bonds is 3. The van der Waals surface area contributed by atoms with E-state index in [2.05, 4.69) is 29.8 Å². The molecule has 0 fully saturated rings. The van der Waals surface area contributed by atoms with Crippen LogP contribution in [0.25, 0.3) is 6.08 Å². The first-order valence-corrected chi connectivity index (χ1v) is 5.78. The van der Waals surface area contributed by atoms with Crippen molar-refractivity contribution in [2.24, 2.45) is 5.92 Å². The fourth-order valence-corrected chi connectivity index (χ4v) is 1.96. The summed E-state index contributed by atoms with van der Waals surface area (Å²) in [6.07, 6.45) is 1.91. The Morgan fingerprint density at radius 3 is 2.57 bits per heavy atom. The summed E-state index contributed by atoms with van der Waals surface area (Å²) in [4.78, 5) is 0. The quantitative estimate of drug-likeness (QED) is 0.710. The molecule has 0 nitrogen and oxygen atoms in total. The highest BCUT2D eigenvalue weighted by Gasteiger charge is 2.03. The van der Waals surface area contributed by atoms with Crippen molar-refractivity contribution in [1.29, 1.82) is 0 Å². The number of hydrogen-bond acceptors (Lipinski definition) is 0. The van der Waals surface area contributed by atoms with Gasteiger partial charge in [-0.15, -0.1) is 0 Å². The Morgan fingerprint density at radius 1 is 1.43 bits per heavy atom. The van der Waals surface area contributed by atoms with Gasteiger partial charge in [-0.05, 0) is 12.0 Å². The smallest absolute Gasteiger partial charge is 0.130 e. The molecule has 0 unspecified atom stereocenters. The standard InChI is InChI=1S/C12H14BrF/c1-9(2)11(8-13)7-10-5-3-4-6-12(10)14/h3-7,9H,8H2,1-2H3. The molecule has 0 saturated heterocycles. The lowest BCUT2D eigenvalue weighted by Crippen LogP contribution is -1.95. The minimum atomic E-state index is -0.161. The number of hydrogen-bond donors (Lipinski definition) is 0. The molecule has 0 radical (unpaired) electrons. The average molecular weight is 257 g/mol. The zero-order valence-corrected chi connectivity index (χ0v) is 10.0. The van der Waals surface area contributed by atoms with Gasteiger partial charge in [0.15, 0.2) is 0 Å². The zero-order valence-electron chi connectivity index (χ0n) is 8.43. The molecule has 0 bridgehead atoms. The van der Waals surface area contributed by atoms with Crippen molar-refractivity contribution in [1.82, 2.24) is 0 Å². The molecule has 0 spiro atoms. The summed E-state index contributed by atoms with van der Waals surface area (Å²) in [5.41, 5.74) is 1.87. The van der Waals surface area contributed by atoms with Gasteiger partial charge >= 0.3 is 0 Å². The molecule has 0 saturated carbocycles. The van der Waals surface area contributed by atoms with Crippen LogP contribution in [0.1, 0.15) is 19.4 Å². The summed E-state index contributed by atoms with van der Waals surface area (Å²) in [5, 5.41) is 0.791. The first-order chi connectivity index (χ1) is 6.65. The van der Waals surface area contributed by atoms with E-state index in [1.54, 1.807) is 12.1 Å². The highest BCUT2D eigenvalue weighted by Crippen LogP contribution is 2.18. The van der Waals surface area contributed by atoms with Gasteiger partial charge in [0.05, 0.1) is 0 Å². The van der Waals surface area contributed by atoms with Gasteiger partial charge in [0.1, 0.15) is 5.82 Å². The second-order valence-electron chi connectivity index (χ2n) is 3.53. The van der Waals surface area contributed by atoms with Gasteiger partial charge in [0.2, 0.25) is 0 Å². The molecule has 1 aromatic carbocycles. The molecule has 76 valence electrons. The van der Waals surface area contributed by atoms with Crippen LogP contribution in [0, 0.1) is 11.7 Å². The molecule has 1 rings (SSSR count). The number of benzene rings is 1. The fourth-order valence-electron chi connectivity index (χ4n) is 1.15. The fraction of sp³-hybridized carbons (Fsp3) is 0.333. The molecule has 0 aliphatic heterocycles. The highest BCUT2D eigenvalue weighted by atomic mass is 79.9. The molecule has 0 aliphatic carbocycles. The first kappa shape index (κ1) is 11.4. The third-order valence-electron chi connectivity index (χ3n) is 2.14. The van der Waals surface area contributed by atoms with Crippen LogP contribution in [0.2, 0.25) is 0 Å². The van der Waals surface area contributed by atoms with Crippen molar-refractivity contribution in [2.75, 3.05) is 5.33 Å². The third kappa shape index (κ3) is 2.95. The van der Waals surface area contributed by atoms with E-state index in [0.717, 1.165) is 5.33 Å². The Hall–Kier alpha value is -0.630. The molecule has 2 heteroatoms. The summed E-state index contributed by atoms with van der Waals surface area (Å²) in [6.45, 7) is 4.21. The van der Waals surface area contributed by atoms with E-state index < -0.39 is 0 Å². The summed E-state index contributed by atoms with van der Waals surface area (Å²) < 4.78 is 13.3. The monoisotopic (exact) mass is 256 g/mol. The zero-order chi connectivity index (χ0) is 10.6. The molecule has 0 aromatic heterocycles. The topological polar surface area (TPSA) is 0 Å². The van der Waals surface area contributed by atoms with E-state index in [1.165, 1.54) is 11.6 Å². The van der Waals surface area contributed by atoms with Gasteiger partial charge in [-0.2, -0.15) is 0 Å². The maximum atomic E-state index is 13.3. The lowest BCUT2D eigenvalue weighted by molar-refractivity contribution is 0.624. The molecule has 14 heavy (non-hydrogen) atoms. The van der Waals surface area contributed by atoms with Gasteiger partial charge in [0, 0.05) is 10.9 Å². The van der Waals surface area contributed by atoms with Crippen molar-refractivity contribution in [3.8, 4) is 0 Å². The van der Waals surface area contributed by atoms with Gasteiger partial charge in [-0.1, -0.05) is 59.6 Å². The lowest BCUT2D eigenvalue weighted by atomic mass is 10.0. The first-order valence-electron chi connectivity index (χ1n) is 4.66. The summed E-state index contributed by atoms with van der Waals surface area (Å²) in [6, 6.07) is 6.83. The summed E-state index contributed by atoms with van der Waals surface area (Å²) in [5.74, 6) is 0.278. The third-order valence-corrected chi connectivity index (χ3v) is 2.79. The van der Waals surface area contributed by atoms with Crippen molar-refractivity contribution in [3.05, 3.63) is 41.2 Å². The van der Waals surface area contributed by atoms with E-state index in [9.17, 15) is 4.39 Å². The van der Waals surface area contributed by atoms with Crippen molar-refractivity contribution >= 4 is 22.0 Å². The number of halogens is 2. The van der Waals surface area contributed by atoms with E-state index in [4.69, 9.17) is 0 Å². The van der Waals surface area contributed by atoms with Crippen molar-refractivity contribution in [3.63, 3.8) is 0 Å². The van der Waals surface area contributed by atoms with Crippen LogP contribution >= 0.6 is 15.9 Å². The predicted molar refractivity (Wildman–Crippen MR) is 63.0 cm³/mol. The molecule has 0 heterocycles. The Labute approximate surface area is 93.0 Å². The van der Waals surface area contributed by atoms with Crippen molar-refractivity contribution in [2.45, 2.75) is 13.8 Å². The van der Waals surface area contributed by atoms with E-state index in [0.29, 0.717) is 11.5 Å². The van der Waals surface area contributed by atoms with Gasteiger partial charge in [0.25, 0.3) is 0 Å². The van der Waals surface area contributed by atoms with Crippen LogP contribution in [0.5, 0.6) is 0 Å². The Kier molecular flexibility index (Phi) is 4.33. The molecule has 0 amide bonds. The minimum absolute atomic E-state index is 0.161. The largest absolute Gasteiger partial charge is 0.206 e. The van der Waals surface area contributed by atoms with E-state index >= 15 is 0 Å². The molecule has 0 N–H and O–H groups in total. The highest BCUT2D eigenvalue weighted by molar-refractivity contribution is 9.09. The normalized spacial score (nSPS) is 12.2. The van der Waals surface area contributed by atoms with Crippen LogP contribution in [0.3, 0.4) is 0 Å². The van der Waals surface area contributed by atoms with Crippen LogP contribution < -0.4 is 0 Å². The average Bonchev–Trinajstić information content (AvgIpc) is 2.16. The number of alkyl halides is 1. The Bertz CT molecular complexity index is 329. The summed E-state index contributed by atoms with van der Waals surface area (Å²) in [7, 11) is 0. The molecule has 1 aromatic rings. The lowest BCUT2D eigenvalue weighted by Gasteiger charge is -2.07. The molecule has 0 aliphatic rings. The molecule has 0 atom stereocenters. The van der Waals surface area contributed by atoms with Crippen molar-refractivity contribution < 1.29 is 4.39 Å². The molecular weight excluding hydrogens is 243 g/mol. The van der Waals surface area contributed by atoms with Crippen LogP contribution in [0.4, 0.5) is 4.39 Å². The van der Waals surface area contributed by atoms with Gasteiger partial charge < -0.3 is 0 Å². The Balaban J connectivity index is 3.00. The second-order valence-corrected chi connectivity index (χ2v) is 4.09. The van der Waals surface area contributed by atoms with E-state index in [-0.39, 0.29) is 5.82 Å². The van der Waals surface area contributed by atoms with Crippen LogP contribution in [0.15, 0.2) is 29.8 Å². The van der Waals surface area contributed by atoms with Crippen LogP contribution in [-0.4, -0.2) is 5.33 Å². The maximum absolute atomic E-state index is 13.3. The minimum Gasteiger partial charge on any atom is -0.206 e. The SMILES string of the molecule is CC(C)C(=Cc1ccccc1F)CBr. The molecular formula is C12H14BrF.